The minimum absolute atomic E-state index is 0.325. The number of carbonyl (C=O) groups excluding carboxylic acids is 2. The molecule has 0 aromatic carbocycles. The first-order chi connectivity index (χ1) is 7.33. The lowest BCUT2D eigenvalue weighted by atomic mass is 9.85. The molecular formula is C12H19NO2. The lowest BCUT2D eigenvalue weighted by Gasteiger charge is -2.20. The first-order valence-corrected chi connectivity index (χ1v) is 5.93. The number of rotatable bonds is 5. The van der Waals surface area contributed by atoms with Gasteiger partial charge in [-0.05, 0) is 12.3 Å². The Hall–Kier alpha value is -0.950. The molecule has 0 N–H and O–H groups in total. The molecule has 0 aromatic rings. The van der Waals surface area contributed by atoms with Crippen LogP contribution in [0.4, 0.5) is 0 Å². The van der Waals surface area contributed by atoms with Gasteiger partial charge in [-0.25, -0.2) is 4.79 Å². The molecule has 0 heterocycles. The highest BCUT2D eigenvalue weighted by atomic mass is 16.2. The summed E-state index contributed by atoms with van der Waals surface area (Å²) in [6.07, 6.45) is 11.7. The molecule has 1 amide bonds. The van der Waals surface area contributed by atoms with Crippen molar-refractivity contribution in [3.05, 3.63) is 0 Å². The van der Waals surface area contributed by atoms with Gasteiger partial charge in [-0.3, -0.25) is 4.79 Å². The molecule has 1 saturated carbocycles. The van der Waals surface area contributed by atoms with E-state index in [9.17, 15) is 9.59 Å². The van der Waals surface area contributed by atoms with E-state index < -0.39 is 0 Å². The zero-order chi connectivity index (χ0) is 10.9. The minimum atomic E-state index is -0.325. The van der Waals surface area contributed by atoms with Gasteiger partial charge in [-0.1, -0.05) is 44.9 Å². The predicted molar refractivity (Wildman–Crippen MR) is 58.2 cm³/mol. The van der Waals surface area contributed by atoms with E-state index in [4.69, 9.17) is 0 Å². The van der Waals surface area contributed by atoms with E-state index >= 15 is 0 Å². The number of hydrogen-bond acceptors (Lipinski definition) is 2. The summed E-state index contributed by atoms with van der Waals surface area (Å²) in [7, 11) is 0. The zero-order valence-electron chi connectivity index (χ0n) is 9.21. The monoisotopic (exact) mass is 209 g/mol. The number of unbranched alkanes of at least 4 members (excludes halogenated alkanes) is 1. The number of hydrogen-bond donors (Lipinski definition) is 0. The molecule has 1 aliphatic rings. The molecule has 0 saturated heterocycles. The van der Waals surface area contributed by atoms with Crippen LogP contribution in [0.5, 0.6) is 0 Å². The summed E-state index contributed by atoms with van der Waals surface area (Å²) in [4.78, 5) is 23.7. The molecule has 1 aliphatic carbocycles. The van der Waals surface area contributed by atoms with Gasteiger partial charge in [0, 0.05) is 6.42 Å². The van der Waals surface area contributed by atoms with Crippen molar-refractivity contribution in [1.29, 1.82) is 0 Å². The lowest BCUT2D eigenvalue weighted by Crippen LogP contribution is -2.06. The summed E-state index contributed by atoms with van der Waals surface area (Å²) in [5, 5.41) is 0. The van der Waals surface area contributed by atoms with E-state index in [-0.39, 0.29) is 5.91 Å². The van der Waals surface area contributed by atoms with Gasteiger partial charge in [-0.15, -0.1) is 4.99 Å². The highest BCUT2D eigenvalue weighted by Crippen LogP contribution is 2.27. The van der Waals surface area contributed by atoms with Crippen LogP contribution in [0.15, 0.2) is 4.99 Å². The van der Waals surface area contributed by atoms with Gasteiger partial charge >= 0.3 is 0 Å². The van der Waals surface area contributed by atoms with Crippen LogP contribution in [0.1, 0.15) is 57.8 Å². The highest BCUT2D eigenvalue weighted by molar-refractivity contribution is 5.81. The molecule has 0 aromatic heterocycles. The first kappa shape index (κ1) is 12.1. The van der Waals surface area contributed by atoms with E-state index in [0.717, 1.165) is 18.8 Å². The number of carbonyl (C=O) groups is 1. The molecule has 0 aliphatic heterocycles. The molecule has 1 fully saturated rings. The average Bonchev–Trinajstić information content (AvgIpc) is 2.26. The fourth-order valence-electron chi connectivity index (χ4n) is 2.29. The molecule has 0 unspecified atom stereocenters. The summed E-state index contributed by atoms with van der Waals surface area (Å²) in [5.74, 6) is 0.553. The van der Waals surface area contributed by atoms with E-state index in [1.54, 1.807) is 0 Å². The minimum Gasteiger partial charge on any atom is -0.272 e. The first-order valence-electron chi connectivity index (χ1n) is 5.93. The standard InChI is InChI=1S/C12H19NO2/c14-10-13-12(15)9-5-4-8-11-6-2-1-3-7-11/h11H,1-9H2. The maximum absolute atomic E-state index is 10.9. The van der Waals surface area contributed by atoms with E-state index in [1.807, 2.05) is 0 Å². The van der Waals surface area contributed by atoms with E-state index in [1.165, 1.54) is 44.6 Å². The summed E-state index contributed by atoms with van der Waals surface area (Å²) in [6, 6.07) is 0. The van der Waals surface area contributed by atoms with Gasteiger partial charge in [0.1, 0.15) is 0 Å². The Kier molecular flexibility index (Phi) is 5.94. The van der Waals surface area contributed by atoms with Crippen molar-refractivity contribution in [1.82, 2.24) is 0 Å². The summed E-state index contributed by atoms with van der Waals surface area (Å²) in [6.45, 7) is 0. The Morgan fingerprint density at radius 2 is 1.93 bits per heavy atom. The van der Waals surface area contributed by atoms with Crippen molar-refractivity contribution in [2.75, 3.05) is 0 Å². The molecule has 3 heteroatoms. The largest absolute Gasteiger partial charge is 0.272 e. The zero-order valence-corrected chi connectivity index (χ0v) is 9.21. The maximum Gasteiger partial charge on any atom is 0.256 e. The van der Waals surface area contributed by atoms with Crippen LogP contribution in [0.3, 0.4) is 0 Å². The molecule has 15 heavy (non-hydrogen) atoms. The van der Waals surface area contributed by atoms with Crippen LogP contribution in [0, 0.1) is 5.92 Å². The van der Waals surface area contributed by atoms with Crippen LogP contribution >= 0.6 is 0 Å². The van der Waals surface area contributed by atoms with E-state index in [2.05, 4.69) is 4.99 Å². The Morgan fingerprint density at radius 3 is 2.60 bits per heavy atom. The average molecular weight is 209 g/mol. The predicted octanol–water partition coefficient (Wildman–Crippen LogP) is 2.99. The topological polar surface area (TPSA) is 46.5 Å². The molecular weight excluding hydrogens is 190 g/mol. The molecule has 0 atom stereocenters. The van der Waals surface area contributed by atoms with Crippen LogP contribution in [0.2, 0.25) is 0 Å². The molecule has 1 rings (SSSR count). The van der Waals surface area contributed by atoms with Crippen LogP contribution < -0.4 is 0 Å². The molecule has 0 spiro atoms. The number of nitrogens with zero attached hydrogens (tertiary/aromatic N) is 1. The third-order valence-corrected chi connectivity index (χ3v) is 3.15. The Balaban J connectivity index is 2.00. The van der Waals surface area contributed by atoms with Crippen LogP contribution in [-0.4, -0.2) is 12.0 Å². The van der Waals surface area contributed by atoms with Crippen molar-refractivity contribution in [3.63, 3.8) is 0 Å². The highest BCUT2D eigenvalue weighted by Gasteiger charge is 2.12. The van der Waals surface area contributed by atoms with Crippen molar-refractivity contribution < 1.29 is 9.59 Å². The summed E-state index contributed by atoms with van der Waals surface area (Å²) >= 11 is 0. The van der Waals surface area contributed by atoms with Crippen molar-refractivity contribution in [2.24, 2.45) is 10.9 Å². The van der Waals surface area contributed by atoms with Gasteiger partial charge in [0.05, 0.1) is 0 Å². The van der Waals surface area contributed by atoms with Crippen LogP contribution in [0.25, 0.3) is 0 Å². The van der Waals surface area contributed by atoms with Gasteiger partial charge in [0.2, 0.25) is 6.08 Å². The smallest absolute Gasteiger partial charge is 0.256 e. The number of amides is 1. The Morgan fingerprint density at radius 1 is 1.20 bits per heavy atom. The second kappa shape index (κ2) is 7.36. The third-order valence-electron chi connectivity index (χ3n) is 3.15. The third kappa shape index (κ3) is 5.48. The number of isocyanates is 1. The SMILES string of the molecule is O=C=NC(=O)CCCCC1CCCCC1. The number of aliphatic imine (C=N–C) groups is 1. The van der Waals surface area contributed by atoms with Crippen molar-refractivity contribution >= 4 is 12.0 Å². The lowest BCUT2D eigenvalue weighted by molar-refractivity contribution is -0.117. The van der Waals surface area contributed by atoms with Gasteiger partial charge < -0.3 is 0 Å². The van der Waals surface area contributed by atoms with Crippen molar-refractivity contribution in [3.8, 4) is 0 Å². The van der Waals surface area contributed by atoms with E-state index in [0.29, 0.717) is 6.42 Å². The maximum atomic E-state index is 10.9. The van der Waals surface area contributed by atoms with Gasteiger partial charge in [0.15, 0.2) is 0 Å². The summed E-state index contributed by atoms with van der Waals surface area (Å²) in [5.41, 5.74) is 0. The quantitative estimate of drug-likeness (QED) is 0.397. The molecule has 3 nitrogen and oxygen atoms in total. The summed E-state index contributed by atoms with van der Waals surface area (Å²) < 4.78 is 0. The van der Waals surface area contributed by atoms with Crippen molar-refractivity contribution in [2.45, 2.75) is 57.8 Å². The van der Waals surface area contributed by atoms with Gasteiger partial charge in [0.25, 0.3) is 5.91 Å². The normalized spacial score (nSPS) is 17.1. The molecule has 0 bridgehead atoms. The van der Waals surface area contributed by atoms with Crippen LogP contribution in [-0.2, 0) is 9.59 Å². The second-order valence-corrected chi connectivity index (χ2v) is 4.35. The molecule has 84 valence electrons. The second-order valence-electron chi connectivity index (χ2n) is 4.35. The Labute approximate surface area is 91.0 Å². The molecule has 0 radical (unpaired) electrons. The fraction of sp³-hybridized carbons (Fsp3) is 0.833. The van der Waals surface area contributed by atoms with Gasteiger partial charge in [-0.2, -0.15) is 0 Å². The Bertz CT molecular complexity index is 238. The fourth-order valence-corrected chi connectivity index (χ4v) is 2.29.